The molecule has 0 unspecified atom stereocenters. The number of ether oxygens (including phenoxy) is 1. The van der Waals surface area contributed by atoms with Crippen LogP contribution in [-0.2, 0) is 14.8 Å². The molecule has 0 amide bonds. The first-order chi connectivity index (χ1) is 11.3. The zero-order valence-electron chi connectivity index (χ0n) is 13.9. The fourth-order valence-electron chi connectivity index (χ4n) is 2.45. The number of hydrogen-bond donors (Lipinski definition) is 3. The maximum absolute atomic E-state index is 12.7. The molecule has 1 fully saturated rings. The van der Waals surface area contributed by atoms with Crippen LogP contribution in [0.5, 0.6) is 0 Å². The Kier molecular flexibility index (Phi) is 6.20. The third-order valence-corrected chi connectivity index (χ3v) is 5.52. The van der Waals surface area contributed by atoms with Crippen LogP contribution in [0, 0.1) is 0 Å². The quantitative estimate of drug-likeness (QED) is 0.658. The van der Waals surface area contributed by atoms with Gasteiger partial charge in [-0.05, 0) is 44.4 Å². The molecule has 7 nitrogen and oxygen atoms in total. The topological polar surface area (TPSA) is 105 Å². The number of nitrogens with one attached hydrogen (secondary N) is 2. The maximum Gasteiger partial charge on any atom is 0.335 e. The largest absolute Gasteiger partial charge is 0.478 e. The molecule has 1 aliphatic rings. The molecule has 1 aliphatic heterocycles. The van der Waals surface area contributed by atoms with Gasteiger partial charge in [-0.3, -0.25) is 0 Å². The van der Waals surface area contributed by atoms with E-state index in [1.165, 1.54) is 18.2 Å². The monoisotopic (exact) mass is 356 g/mol. The van der Waals surface area contributed by atoms with Crippen molar-refractivity contribution >= 4 is 21.7 Å². The Labute approximate surface area is 142 Å². The van der Waals surface area contributed by atoms with Gasteiger partial charge in [0.05, 0.1) is 17.4 Å². The normalized spacial score (nSPS) is 19.2. The Morgan fingerprint density at radius 1 is 1.46 bits per heavy atom. The molecular weight excluding hydrogens is 332 g/mol. The number of sulfonamides is 1. The smallest absolute Gasteiger partial charge is 0.335 e. The third kappa shape index (κ3) is 4.68. The predicted octanol–water partition coefficient (Wildman–Crippen LogP) is 2.05. The van der Waals surface area contributed by atoms with Crippen molar-refractivity contribution in [2.45, 2.75) is 50.2 Å². The summed E-state index contributed by atoms with van der Waals surface area (Å²) in [4.78, 5) is 11.1. The van der Waals surface area contributed by atoms with Crippen LogP contribution in [0.15, 0.2) is 23.1 Å². The van der Waals surface area contributed by atoms with Gasteiger partial charge in [0.1, 0.15) is 4.90 Å². The van der Waals surface area contributed by atoms with Crippen molar-refractivity contribution in [2.24, 2.45) is 0 Å². The highest BCUT2D eigenvalue weighted by Gasteiger charge is 2.24. The van der Waals surface area contributed by atoms with Gasteiger partial charge in [-0.25, -0.2) is 17.9 Å². The number of carboxylic acids is 1. The van der Waals surface area contributed by atoms with Crippen LogP contribution >= 0.6 is 0 Å². The van der Waals surface area contributed by atoms with Crippen LogP contribution in [-0.4, -0.2) is 44.8 Å². The average Bonchev–Trinajstić information content (AvgIpc) is 3.06. The minimum absolute atomic E-state index is 0.0549. The summed E-state index contributed by atoms with van der Waals surface area (Å²) >= 11 is 0. The highest BCUT2D eigenvalue weighted by atomic mass is 32.2. The second-order valence-corrected chi connectivity index (χ2v) is 7.69. The second kappa shape index (κ2) is 7.96. The fourth-order valence-corrected chi connectivity index (χ4v) is 3.71. The van der Waals surface area contributed by atoms with Gasteiger partial charge in [-0.1, -0.05) is 6.92 Å². The number of aromatic carboxylic acids is 1. The molecule has 2 rings (SSSR count). The van der Waals surface area contributed by atoms with Gasteiger partial charge >= 0.3 is 5.97 Å². The lowest BCUT2D eigenvalue weighted by atomic mass is 10.2. The number of rotatable bonds is 8. The molecule has 0 aromatic heterocycles. The van der Waals surface area contributed by atoms with Crippen LogP contribution in [0.3, 0.4) is 0 Å². The van der Waals surface area contributed by atoms with Crippen molar-refractivity contribution < 1.29 is 23.1 Å². The third-order valence-electron chi connectivity index (χ3n) is 4.06. The average molecular weight is 356 g/mol. The molecular formula is C16H24N2O5S. The van der Waals surface area contributed by atoms with E-state index in [1.54, 1.807) is 0 Å². The summed E-state index contributed by atoms with van der Waals surface area (Å²) in [5, 5.41) is 12.3. The van der Waals surface area contributed by atoms with E-state index in [1.807, 2.05) is 13.8 Å². The number of hydrogen-bond acceptors (Lipinski definition) is 5. The van der Waals surface area contributed by atoms with Gasteiger partial charge in [-0.2, -0.15) is 0 Å². The van der Waals surface area contributed by atoms with Crippen molar-refractivity contribution in [3.8, 4) is 0 Å². The minimum Gasteiger partial charge on any atom is -0.478 e. The standard InChI is InChI=1S/C16H24N2O5S/c1-3-11(2)18-14-7-6-12(16(19)20)9-15(14)24(21,22)17-10-13-5-4-8-23-13/h6-7,9,11,13,17-18H,3-5,8,10H2,1-2H3,(H,19,20)/t11-,13-/m1/s1. The van der Waals surface area contributed by atoms with Gasteiger partial charge in [-0.15, -0.1) is 0 Å². The van der Waals surface area contributed by atoms with E-state index < -0.39 is 16.0 Å². The Morgan fingerprint density at radius 3 is 2.79 bits per heavy atom. The molecule has 0 aliphatic carbocycles. The molecule has 8 heteroatoms. The van der Waals surface area contributed by atoms with Crippen LogP contribution in [0.4, 0.5) is 5.69 Å². The second-order valence-electron chi connectivity index (χ2n) is 5.96. The lowest BCUT2D eigenvalue weighted by Crippen LogP contribution is -2.32. The van der Waals surface area contributed by atoms with Crippen LogP contribution in [0.25, 0.3) is 0 Å². The van der Waals surface area contributed by atoms with Gasteiger partial charge in [0.15, 0.2) is 0 Å². The van der Waals surface area contributed by atoms with E-state index in [0.29, 0.717) is 12.3 Å². The van der Waals surface area contributed by atoms with Crippen molar-refractivity contribution in [1.82, 2.24) is 4.72 Å². The SMILES string of the molecule is CC[C@@H](C)Nc1ccc(C(=O)O)cc1S(=O)(=O)NC[C@H]1CCCO1. The van der Waals surface area contributed by atoms with E-state index in [0.717, 1.165) is 19.3 Å². The molecule has 134 valence electrons. The van der Waals surface area contributed by atoms with Crippen molar-refractivity contribution in [2.75, 3.05) is 18.5 Å². The molecule has 1 saturated heterocycles. The van der Waals surface area contributed by atoms with Gasteiger partial charge in [0, 0.05) is 19.2 Å². The van der Waals surface area contributed by atoms with Crippen molar-refractivity contribution in [3.63, 3.8) is 0 Å². The minimum atomic E-state index is -3.84. The number of carbonyl (C=O) groups is 1. The molecule has 1 heterocycles. The summed E-state index contributed by atoms with van der Waals surface area (Å²) in [6.07, 6.45) is 2.41. The summed E-state index contributed by atoms with van der Waals surface area (Å²) in [5.74, 6) is -1.17. The summed E-state index contributed by atoms with van der Waals surface area (Å²) in [6.45, 7) is 4.73. The number of carboxylic acid groups (broad SMARTS) is 1. The van der Waals surface area contributed by atoms with Crippen molar-refractivity contribution in [3.05, 3.63) is 23.8 Å². The molecule has 0 saturated carbocycles. The Morgan fingerprint density at radius 2 is 2.21 bits per heavy atom. The lowest BCUT2D eigenvalue weighted by Gasteiger charge is -2.18. The van der Waals surface area contributed by atoms with Crippen molar-refractivity contribution in [1.29, 1.82) is 0 Å². The van der Waals surface area contributed by atoms with Crippen LogP contribution in [0.2, 0.25) is 0 Å². The Balaban J connectivity index is 2.28. The Bertz CT molecular complexity index is 684. The first kappa shape index (κ1) is 18.7. The van der Waals surface area contributed by atoms with E-state index >= 15 is 0 Å². The summed E-state index contributed by atoms with van der Waals surface area (Å²) in [7, 11) is -3.84. The lowest BCUT2D eigenvalue weighted by molar-refractivity contribution is 0.0696. The van der Waals surface area contributed by atoms with E-state index in [4.69, 9.17) is 9.84 Å². The first-order valence-corrected chi connectivity index (χ1v) is 9.57. The van der Waals surface area contributed by atoms with Gasteiger partial charge < -0.3 is 15.2 Å². The van der Waals surface area contributed by atoms with Gasteiger partial charge in [0.25, 0.3) is 0 Å². The Hall–Kier alpha value is -1.64. The molecule has 1 aromatic carbocycles. The van der Waals surface area contributed by atoms with E-state index in [-0.39, 0.29) is 29.1 Å². The summed E-state index contributed by atoms with van der Waals surface area (Å²) in [6, 6.07) is 4.14. The van der Waals surface area contributed by atoms with Crippen LogP contribution < -0.4 is 10.0 Å². The molecule has 2 atom stereocenters. The molecule has 0 bridgehead atoms. The zero-order chi connectivity index (χ0) is 17.7. The highest BCUT2D eigenvalue weighted by Crippen LogP contribution is 2.24. The molecule has 24 heavy (non-hydrogen) atoms. The van der Waals surface area contributed by atoms with Crippen LogP contribution in [0.1, 0.15) is 43.5 Å². The molecule has 1 aromatic rings. The maximum atomic E-state index is 12.7. The zero-order valence-corrected chi connectivity index (χ0v) is 14.7. The number of anilines is 1. The molecule has 3 N–H and O–H groups in total. The molecule has 0 spiro atoms. The highest BCUT2D eigenvalue weighted by molar-refractivity contribution is 7.89. The summed E-state index contributed by atoms with van der Waals surface area (Å²) < 4.78 is 33.3. The summed E-state index contributed by atoms with van der Waals surface area (Å²) in [5.41, 5.74) is 0.330. The van der Waals surface area contributed by atoms with Gasteiger partial charge in [0.2, 0.25) is 10.0 Å². The van der Waals surface area contributed by atoms with E-state index in [9.17, 15) is 13.2 Å². The number of benzene rings is 1. The first-order valence-electron chi connectivity index (χ1n) is 8.08. The molecule has 0 radical (unpaired) electrons. The predicted molar refractivity (Wildman–Crippen MR) is 90.9 cm³/mol. The van der Waals surface area contributed by atoms with E-state index in [2.05, 4.69) is 10.0 Å². The fraction of sp³-hybridized carbons (Fsp3) is 0.562.